The van der Waals surface area contributed by atoms with Crippen LogP contribution >= 0.6 is 0 Å². The molecule has 0 bridgehead atoms. The summed E-state index contributed by atoms with van der Waals surface area (Å²) in [7, 11) is -0.822. The Labute approximate surface area is 256 Å². The van der Waals surface area contributed by atoms with E-state index >= 15 is 0 Å². The summed E-state index contributed by atoms with van der Waals surface area (Å²) in [6, 6.07) is 17.9. The lowest BCUT2D eigenvalue weighted by atomic mass is 9.78. The van der Waals surface area contributed by atoms with Gasteiger partial charge in [-0.25, -0.2) is 9.67 Å². The Kier molecular flexibility index (Phi) is 8.28. The van der Waals surface area contributed by atoms with Crippen LogP contribution in [0.15, 0.2) is 60.8 Å². The fourth-order valence-electron chi connectivity index (χ4n) is 4.55. The molecule has 1 aliphatic rings. The maximum atomic E-state index is 6.46. The van der Waals surface area contributed by atoms with Gasteiger partial charge >= 0.3 is 7.12 Å². The van der Waals surface area contributed by atoms with Crippen molar-refractivity contribution in [1.29, 1.82) is 0 Å². The SMILES string of the molecule is COc1ccc(COc2cc(B3OC(C)(C)C(C)(C)O3)cc3c2cnn3-c2cccc(CO[Si](C)(C)C(C)(C)C)n2)cc1. The van der Waals surface area contributed by atoms with Gasteiger partial charge in [0.2, 0.25) is 0 Å². The van der Waals surface area contributed by atoms with E-state index < -0.39 is 26.6 Å². The summed E-state index contributed by atoms with van der Waals surface area (Å²) in [5.74, 6) is 2.21. The minimum Gasteiger partial charge on any atom is -0.497 e. The quantitative estimate of drug-likeness (QED) is 0.195. The maximum absolute atomic E-state index is 6.46. The predicted molar refractivity (Wildman–Crippen MR) is 174 cm³/mol. The number of aromatic nitrogens is 3. The first-order valence-electron chi connectivity index (χ1n) is 14.8. The zero-order valence-electron chi connectivity index (χ0n) is 27.1. The van der Waals surface area contributed by atoms with Crippen molar-refractivity contribution in [1.82, 2.24) is 14.8 Å². The molecule has 4 aromatic rings. The Morgan fingerprint density at radius 1 is 0.930 bits per heavy atom. The molecule has 43 heavy (non-hydrogen) atoms. The molecular formula is C33H44BN3O5Si. The van der Waals surface area contributed by atoms with Gasteiger partial charge in [0.05, 0.1) is 47.7 Å². The molecule has 2 aromatic heterocycles. The van der Waals surface area contributed by atoms with Crippen molar-refractivity contribution in [3.8, 4) is 17.3 Å². The minimum atomic E-state index is -1.93. The predicted octanol–water partition coefficient (Wildman–Crippen LogP) is 6.83. The van der Waals surface area contributed by atoms with Crippen LogP contribution in [0, 0.1) is 0 Å². The van der Waals surface area contributed by atoms with Crippen LogP contribution in [0.25, 0.3) is 16.7 Å². The Morgan fingerprint density at radius 2 is 1.60 bits per heavy atom. The highest BCUT2D eigenvalue weighted by molar-refractivity contribution is 6.74. The maximum Gasteiger partial charge on any atom is 0.495 e. The second-order valence-corrected chi connectivity index (χ2v) is 18.6. The molecule has 0 aliphatic carbocycles. The van der Waals surface area contributed by atoms with E-state index in [0.29, 0.717) is 24.8 Å². The van der Waals surface area contributed by atoms with Crippen molar-refractivity contribution in [3.05, 3.63) is 72.1 Å². The van der Waals surface area contributed by atoms with Crippen LogP contribution in [0.3, 0.4) is 0 Å². The molecule has 0 amide bonds. The summed E-state index contributed by atoms with van der Waals surface area (Å²) in [6.07, 6.45) is 1.83. The van der Waals surface area contributed by atoms with E-state index in [2.05, 4.69) is 67.6 Å². The number of fused-ring (bicyclic) bond motifs is 1. The van der Waals surface area contributed by atoms with E-state index in [0.717, 1.165) is 33.4 Å². The second-order valence-electron chi connectivity index (χ2n) is 13.8. The van der Waals surface area contributed by atoms with E-state index in [1.165, 1.54) is 0 Å². The zero-order chi connectivity index (χ0) is 31.2. The highest BCUT2D eigenvalue weighted by Gasteiger charge is 2.52. The Morgan fingerprint density at radius 3 is 2.23 bits per heavy atom. The van der Waals surface area contributed by atoms with Gasteiger partial charge in [-0.3, -0.25) is 0 Å². The van der Waals surface area contributed by atoms with Crippen LogP contribution in [0.1, 0.15) is 59.7 Å². The molecule has 8 nitrogen and oxygen atoms in total. The first kappa shape index (κ1) is 31.3. The number of hydrogen-bond acceptors (Lipinski definition) is 7. The number of pyridine rings is 1. The standard InChI is InChI=1S/C33H44BN3O5Si/c1-31(2,3)43(9,10)40-22-25-12-11-13-30(36-25)37-28-18-24(34-41-32(4,5)33(6,7)42-34)19-29(27(28)20-35-37)39-21-23-14-16-26(38-8)17-15-23/h11-20H,21-22H2,1-10H3. The highest BCUT2D eigenvalue weighted by Crippen LogP contribution is 2.38. The second kappa shape index (κ2) is 11.4. The van der Waals surface area contributed by atoms with Gasteiger partial charge in [-0.1, -0.05) is 39.0 Å². The van der Waals surface area contributed by atoms with Crippen LogP contribution in [0.4, 0.5) is 0 Å². The van der Waals surface area contributed by atoms with Gasteiger partial charge < -0.3 is 23.2 Å². The van der Waals surface area contributed by atoms with Gasteiger partial charge in [0, 0.05) is 0 Å². The van der Waals surface area contributed by atoms with Gasteiger partial charge in [0.1, 0.15) is 18.1 Å². The van der Waals surface area contributed by atoms with Gasteiger partial charge in [-0.15, -0.1) is 0 Å². The number of methoxy groups -OCH3 is 1. The first-order valence-corrected chi connectivity index (χ1v) is 17.7. The lowest BCUT2D eigenvalue weighted by molar-refractivity contribution is 0.00578. The van der Waals surface area contributed by atoms with Gasteiger partial charge in [0.25, 0.3) is 0 Å². The molecule has 228 valence electrons. The summed E-state index contributed by atoms with van der Waals surface area (Å²) in [5, 5.41) is 5.76. The van der Waals surface area contributed by atoms with Crippen molar-refractivity contribution in [3.63, 3.8) is 0 Å². The van der Waals surface area contributed by atoms with Crippen LogP contribution in [-0.2, 0) is 26.9 Å². The molecule has 0 unspecified atom stereocenters. The largest absolute Gasteiger partial charge is 0.497 e. The van der Waals surface area contributed by atoms with Crippen molar-refractivity contribution < 1.29 is 23.2 Å². The number of nitrogens with zero attached hydrogens (tertiary/aromatic N) is 3. The monoisotopic (exact) mass is 601 g/mol. The fourth-order valence-corrected chi connectivity index (χ4v) is 5.49. The van der Waals surface area contributed by atoms with Crippen LogP contribution < -0.4 is 14.9 Å². The van der Waals surface area contributed by atoms with Crippen molar-refractivity contribution >= 4 is 31.8 Å². The first-order chi connectivity index (χ1) is 20.1. The number of benzene rings is 2. The molecule has 0 radical (unpaired) electrons. The highest BCUT2D eigenvalue weighted by atomic mass is 28.4. The molecule has 0 spiro atoms. The van der Waals surface area contributed by atoms with E-state index in [1.54, 1.807) is 7.11 Å². The number of rotatable bonds is 9. The molecule has 1 saturated heterocycles. The van der Waals surface area contributed by atoms with E-state index in [4.69, 9.17) is 33.3 Å². The zero-order valence-corrected chi connectivity index (χ0v) is 28.1. The molecule has 0 atom stereocenters. The third kappa shape index (κ3) is 6.38. The summed E-state index contributed by atoms with van der Waals surface area (Å²) in [4.78, 5) is 4.95. The van der Waals surface area contributed by atoms with Gasteiger partial charge in [0.15, 0.2) is 14.1 Å². The molecule has 0 saturated carbocycles. The Bertz CT molecular complexity index is 1580. The Balaban J connectivity index is 1.51. The summed E-state index contributed by atoms with van der Waals surface area (Å²) in [5.41, 5.74) is 2.65. The molecule has 3 heterocycles. The molecular weight excluding hydrogens is 557 g/mol. The third-order valence-electron chi connectivity index (χ3n) is 9.15. The van der Waals surface area contributed by atoms with Crippen LogP contribution in [-0.4, -0.2) is 48.5 Å². The molecule has 5 rings (SSSR count). The smallest absolute Gasteiger partial charge is 0.495 e. The topological polar surface area (TPSA) is 76.9 Å². The van der Waals surface area contributed by atoms with E-state index in [9.17, 15) is 0 Å². The lowest BCUT2D eigenvalue weighted by Crippen LogP contribution is -2.41. The average molecular weight is 602 g/mol. The fraction of sp³-hybridized carbons (Fsp3) is 0.455. The normalized spacial score (nSPS) is 16.6. The van der Waals surface area contributed by atoms with Crippen molar-refractivity contribution in [2.75, 3.05) is 7.11 Å². The van der Waals surface area contributed by atoms with Gasteiger partial charge in [-0.2, -0.15) is 5.10 Å². The average Bonchev–Trinajstić information content (AvgIpc) is 3.47. The van der Waals surface area contributed by atoms with Gasteiger partial charge in [-0.05, 0) is 93.3 Å². The summed E-state index contributed by atoms with van der Waals surface area (Å²) in [6.45, 7) is 20.3. The molecule has 1 aliphatic heterocycles. The minimum absolute atomic E-state index is 0.120. The molecule has 0 N–H and O–H groups in total. The molecule has 1 fully saturated rings. The van der Waals surface area contributed by atoms with Crippen molar-refractivity contribution in [2.45, 2.75) is 91.0 Å². The molecule has 2 aromatic carbocycles. The number of hydrogen-bond donors (Lipinski definition) is 0. The lowest BCUT2D eigenvalue weighted by Gasteiger charge is -2.36. The molecule has 10 heteroatoms. The summed E-state index contributed by atoms with van der Waals surface area (Å²) < 4.78 is 32.9. The van der Waals surface area contributed by atoms with E-state index in [1.807, 2.05) is 59.4 Å². The van der Waals surface area contributed by atoms with Crippen molar-refractivity contribution in [2.24, 2.45) is 0 Å². The third-order valence-corrected chi connectivity index (χ3v) is 13.6. The van der Waals surface area contributed by atoms with E-state index in [-0.39, 0.29) is 5.04 Å². The summed E-state index contributed by atoms with van der Waals surface area (Å²) >= 11 is 0. The Hall–Kier alpha value is -3.18. The van der Waals surface area contributed by atoms with Crippen LogP contribution in [0.5, 0.6) is 11.5 Å². The van der Waals surface area contributed by atoms with Crippen LogP contribution in [0.2, 0.25) is 18.1 Å². The number of ether oxygens (including phenoxy) is 2.